The zero-order chi connectivity index (χ0) is 19.5. The van der Waals surface area contributed by atoms with Crippen LogP contribution in [0.4, 0.5) is 6.01 Å². The summed E-state index contributed by atoms with van der Waals surface area (Å²) in [6, 6.07) is 18.3. The summed E-state index contributed by atoms with van der Waals surface area (Å²) in [5.41, 5.74) is 0.520. The molecule has 0 aliphatic rings. The molecule has 0 aliphatic carbocycles. The highest BCUT2D eigenvalue weighted by molar-refractivity contribution is 6.36. The molecule has 0 unspecified atom stereocenters. The van der Waals surface area contributed by atoms with E-state index in [0.29, 0.717) is 21.4 Å². The van der Waals surface area contributed by atoms with E-state index < -0.39 is 5.91 Å². The number of benzene rings is 3. The Kier molecular flexibility index (Phi) is 5.14. The van der Waals surface area contributed by atoms with Crippen molar-refractivity contribution in [2.45, 2.75) is 0 Å². The minimum absolute atomic E-state index is 0.0480. The van der Waals surface area contributed by atoms with Crippen molar-refractivity contribution in [3.63, 3.8) is 0 Å². The zero-order valence-electron chi connectivity index (χ0n) is 14.4. The van der Waals surface area contributed by atoms with Gasteiger partial charge in [-0.25, -0.2) is 0 Å². The Morgan fingerprint density at radius 2 is 1.82 bits per heavy atom. The van der Waals surface area contributed by atoms with Crippen LogP contribution in [0.25, 0.3) is 22.2 Å². The second kappa shape index (κ2) is 7.88. The van der Waals surface area contributed by atoms with Gasteiger partial charge in [0.1, 0.15) is 5.75 Å². The molecule has 0 spiro atoms. The number of nitrogens with zero attached hydrogens (tertiary/aromatic N) is 2. The monoisotopic (exact) mass is 413 g/mol. The third-order valence-electron chi connectivity index (χ3n) is 3.92. The Hall–Kier alpha value is -3.09. The van der Waals surface area contributed by atoms with E-state index in [4.69, 9.17) is 32.4 Å². The van der Waals surface area contributed by atoms with Gasteiger partial charge < -0.3 is 9.15 Å². The lowest BCUT2D eigenvalue weighted by Gasteiger charge is -2.06. The summed E-state index contributed by atoms with van der Waals surface area (Å²) in [5, 5.41) is 13.2. The van der Waals surface area contributed by atoms with Crippen LogP contribution < -0.4 is 10.1 Å². The van der Waals surface area contributed by atoms with Crippen molar-refractivity contribution in [3.8, 4) is 17.2 Å². The average molecular weight is 414 g/mol. The molecule has 0 atom stereocenters. The van der Waals surface area contributed by atoms with Crippen molar-refractivity contribution < 1.29 is 13.9 Å². The number of hydrogen-bond donors (Lipinski definition) is 1. The molecule has 0 radical (unpaired) electrons. The third-order valence-corrected chi connectivity index (χ3v) is 4.47. The van der Waals surface area contributed by atoms with Gasteiger partial charge in [0.05, 0.1) is 10.6 Å². The van der Waals surface area contributed by atoms with E-state index in [1.165, 1.54) is 0 Å². The second-order valence-corrected chi connectivity index (χ2v) is 6.73. The van der Waals surface area contributed by atoms with Crippen molar-refractivity contribution >= 4 is 45.9 Å². The van der Waals surface area contributed by atoms with Crippen molar-refractivity contribution in [2.24, 2.45) is 0 Å². The fourth-order valence-electron chi connectivity index (χ4n) is 2.61. The quantitative estimate of drug-likeness (QED) is 0.485. The van der Waals surface area contributed by atoms with Gasteiger partial charge in [0.25, 0.3) is 11.8 Å². The van der Waals surface area contributed by atoms with Gasteiger partial charge in [0.2, 0.25) is 0 Å². The fourth-order valence-corrected chi connectivity index (χ4v) is 3.10. The van der Waals surface area contributed by atoms with Gasteiger partial charge in [0, 0.05) is 5.02 Å². The maximum absolute atomic E-state index is 12.1. The fraction of sp³-hybridized carbons (Fsp3) is 0.0500. The normalized spacial score (nSPS) is 10.8. The number of ether oxygens (including phenoxy) is 1. The number of amides is 1. The topological polar surface area (TPSA) is 77.2 Å². The van der Waals surface area contributed by atoms with Crippen LogP contribution in [0.5, 0.6) is 5.75 Å². The molecule has 1 heterocycles. The van der Waals surface area contributed by atoms with Crippen LogP contribution in [-0.4, -0.2) is 22.7 Å². The number of hydrogen-bond acceptors (Lipinski definition) is 5. The summed E-state index contributed by atoms with van der Waals surface area (Å²) >= 11 is 12.0. The SMILES string of the molecule is O=C(COc1ccc2ccccc2c1)Nc1nnc(-c2ccc(Cl)cc2Cl)o1. The summed E-state index contributed by atoms with van der Waals surface area (Å²) in [5.74, 6) is 0.339. The minimum Gasteiger partial charge on any atom is -0.484 e. The lowest BCUT2D eigenvalue weighted by atomic mass is 10.1. The minimum atomic E-state index is -0.425. The van der Waals surface area contributed by atoms with Crippen LogP contribution in [0.2, 0.25) is 10.0 Å². The summed E-state index contributed by atoms with van der Waals surface area (Å²) in [7, 11) is 0. The second-order valence-electron chi connectivity index (χ2n) is 5.88. The molecule has 1 aromatic heterocycles. The molecule has 28 heavy (non-hydrogen) atoms. The first-order valence-electron chi connectivity index (χ1n) is 8.29. The molecule has 0 saturated carbocycles. The standard InChI is InChI=1S/C20H13Cl2N3O3/c21-14-6-8-16(17(22)10-14)19-24-25-20(28-19)23-18(26)11-27-15-7-5-12-3-1-2-4-13(12)9-15/h1-10H,11H2,(H,23,25,26). The molecule has 4 rings (SSSR count). The van der Waals surface area contributed by atoms with Crippen LogP contribution in [0.1, 0.15) is 0 Å². The third kappa shape index (κ3) is 4.08. The van der Waals surface area contributed by atoms with Crippen LogP contribution in [0.3, 0.4) is 0 Å². The zero-order valence-corrected chi connectivity index (χ0v) is 15.9. The van der Waals surface area contributed by atoms with Crippen LogP contribution in [0.15, 0.2) is 65.1 Å². The Labute approximate surface area is 170 Å². The van der Waals surface area contributed by atoms with Crippen LogP contribution >= 0.6 is 23.2 Å². The largest absolute Gasteiger partial charge is 0.484 e. The maximum Gasteiger partial charge on any atom is 0.322 e. The van der Waals surface area contributed by atoms with E-state index in [-0.39, 0.29) is 18.5 Å². The highest BCUT2D eigenvalue weighted by Crippen LogP contribution is 2.30. The van der Waals surface area contributed by atoms with Gasteiger partial charge >= 0.3 is 6.01 Å². The predicted octanol–water partition coefficient (Wildman–Crippen LogP) is 5.21. The van der Waals surface area contributed by atoms with Crippen molar-refractivity contribution in [2.75, 3.05) is 11.9 Å². The summed E-state index contributed by atoms with van der Waals surface area (Å²) in [6.07, 6.45) is 0. The number of rotatable bonds is 5. The molecule has 4 aromatic rings. The van der Waals surface area contributed by atoms with Gasteiger partial charge in [-0.3, -0.25) is 10.1 Å². The van der Waals surface area contributed by atoms with Crippen molar-refractivity contribution in [1.82, 2.24) is 10.2 Å². The number of anilines is 1. The van der Waals surface area contributed by atoms with Crippen LogP contribution in [-0.2, 0) is 4.79 Å². The number of carbonyl (C=O) groups excluding carboxylic acids is 1. The van der Waals surface area contributed by atoms with Crippen LogP contribution in [0, 0.1) is 0 Å². The molecule has 1 amide bonds. The molecule has 3 aromatic carbocycles. The van der Waals surface area contributed by atoms with Gasteiger partial charge in [-0.15, -0.1) is 5.10 Å². The molecule has 6 nitrogen and oxygen atoms in total. The smallest absolute Gasteiger partial charge is 0.322 e. The Balaban J connectivity index is 1.39. The number of fused-ring (bicyclic) bond motifs is 1. The lowest BCUT2D eigenvalue weighted by Crippen LogP contribution is -2.20. The van der Waals surface area contributed by atoms with Crippen molar-refractivity contribution in [3.05, 3.63) is 70.7 Å². The summed E-state index contributed by atoms with van der Waals surface area (Å²) in [4.78, 5) is 12.1. The maximum atomic E-state index is 12.1. The molecular formula is C20H13Cl2N3O3. The molecule has 0 bridgehead atoms. The number of aromatic nitrogens is 2. The highest BCUT2D eigenvalue weighted by atomic mass is 35.5. The molecule has 8 heteroatoms. The average Bonchev–Trinajstić information content (AvgIpc) is 3.14. The van der Waals surface area contributed by atoms with E-state index in [0.717, 1.165) is 10.8 Å². The molecule has 0 fully saturated rings. The summed E-state index contributed by atoms with van der Waals surface area (Å²) < 4.78 is 11.0. The van der Waals surface area contributed by atoms with E-state index in [2.05, 4.69) is 15.5 Å². The van der Waals surface area contributed by atoms with Crippen molar-refractivity contribution in [1.29, 1.82) is 0 Å². The van der Waals surface area contributed by atoms with E-state index in [9.17, 15) is 4.79 Å². The number of halogens is 2. The molecule has 0 aliphatic heterocycles. The van der Waals surface area contributed by atoms with E-state index in [1.807, 2.05) is 42.5 Å². The Morgan fingerprint density at radius 3 is 2.64 bits per heavy atom. The molecule has 140 valence electrons. The van der Waals surface area contributed by atoms with Gasteiger partial charge in [-0.1, -0.05) is 58.6 Å². The Morgan fingerprint density at radius 1 is 1.00 bits per heavy atom. The van der Waals surface area contributed by atoms with Gasteiger partial charge in [0.15, 0.2) is 6.61 Å². The first-order valence-corrected chi connectivity index (χ1v) is 9.04. The first-order chi connectivity index (χ1) is 13.6. The predicted molar refractivity (Wildman–Crippen MR) is 108 cm³/mol. The lowest BCUT2D eigenvalue weighted by molar-refractivity contribution is -0.118. The Bertz CT molecular complexity index is 1160. The van der Waals surface area contributed by atoms with E-state index in [1.54, 1.807) is 18.2 Å². The van der Waals surface area contributed by atoms with E-state index >= 15 is 0 Å². The molecule has 1 N–H and O–H groups in total. The van der Waals surface area contributed by atoms with Gasteiger partial charge in [-0.2, -0.15) is 0 Å². The summed E-state index contributed by atoms with van der Waals surface area (Å²) in [6.45, 7) is -0.197. The molecular weight excluding hydrogens is 401 g/mol. The first kappa shape index (κ1) is 18.3. The highest BCUT2D eigenvalue weighted by Gasteiger charge is 2.14. The molecule has 0 saturated heterocycles. The number of carbonyl (C=O) groups is 1. The van der Waals surface area contributed by atoms with Gasteiger partial charge in [-0.05, 0) is 41.1 Å². The number of nitrogens with one attached hydrogen (secondary N) is 1.